The summed E-state index contributed by atoms with van der Waals surface area (Å²) in [5.41, 5.74) is -1.17. The number of aromatic carboxylic acids is 1. The number of carbonyl (C=O) groups excluding carboxylic acids is 1. The summed E-state index contributed by atoms with van der Waals surface area (Å²) in [6, 6.07) is 18.7. The van der Waals surface area contributed by atoms with Gasteiger partial charge in [0.1, 0.15) is 12.3 Å². The number of benzene rings is 2. The summed E-state index contributed by atoms with van der Waals surface area (Å²) < 4.78 is 12.7. The number of carboxylic acid groups (broad SMARTS) is 1. The molecule has 1 N–H and O–H groups in total. The minimum absolute atomic E-state index is 0.178. The fourth-order valence-electron chi connectivity index (χ4n) is 4.86. The van der Waals surface area contributed by atoms with Crippen LogP contribution in [0.2, 0.25) is 5.02 Å². The zero-order valence-electron chi connectivity index (χ0n) is 29.6. The van der Waals surface area contributed by atoms with Crippen molar-refractivity contribution in [3.8, 4) is 11.5 Å². The van der Waals surface area contributed by atoms with E-state index in [0.717, 1.165) is 0 Å². The molecule has 3 rings (SSSR count). The molecule has 0 radical (unpaired) electrons. The first-order chi connectivity index (χ1) is 23.1. The summed E-state index contributed by atoms with van der Waals surface area (Å²) in [6.45, 7) is 8.90. The summed E-state index contributed by atoms with van der Waals surface area (Å²) in [6.07, 6.45) is 24.4. The van der Waals surface area contributed by atoms with Gasteiger partial charge in [-0.05, 0) is 57.5 Å². The average molecular weight is 684 g/mol. The smallest absolute Gasteiger partial charge is 0.349 e. The number of unbranched alkanes of at least 4 members (excludes halogenated alkanes) is 13. The van der Waals surface area contributed by atoms with Crippen molar-refractivity contribution in [1.82, 2.24) is 0 Å². The van der Waals surface area contributed by atoms with Gasteiger partial charge in [0.05, 0.1) is 12.2 Å². The zero-order chi connectivity index (χ0) is 35.5. The van der Waals surface area contributed by atoms with Crippen LogP contribution >= 0.6 is 11.6 Å². The Kier molecular flexibility index (Phi) is 23.3. The van der Waals surface area contributed by atoms with Gasteiger partial charge in [0.2, 0.25) is 0 Å². The van der Waals surface area contributed by atoms with E-state index in [-0.39, 0.29) is 11.5 Å². The maximum absolute atomic E-state index is 11.6. The number of hydrogen-bond acceptors (Lipinski definition) is 5. The van der Waals surface area contributed by atoms with Gasteiger partial charge in [-0.2, -0.15) is 0 Å². The van der Waals surface area contributed by atoms with Gasteiger partial charge in [-0.25, -0.2) is 14.2 Å². The van der Waals surface area contributed by atoms with Crippen molar-refractivity contribution in [3.05, 3.63) is 89.7 Å². The van der Waals surface area contributed by atoms with Crippen LogP contribution in [0.5, 0.6) is 11.5 Å². The Morgan fingerprint density at radius 1 is 0.729 bits per heavy atom. The Balaban J connectivity index is 0.000000386. The number of carboxylic acids is 1. The van der Waals surface area contributed by atoms with Crippen LogP contribution in [0.1, 0.15) is 128 Å². The summed E-state index contributed by atoms with van der Waals surface area (Å²) >= 11 is 5.75. The van der Waals surface area contributed by atoms with E-state index in [1.165, 1.54) is 121 Å². The largest absolute Gasteiger partial charge is 0.872 e. The maximum atomic E-state index is 11.6. The second kappa shape index (κ2) is 26.4. The van der Waals surface area contributed by atoms with Crippen molar-refractivity contribution >= 4 is 23.5 Å². The van der Waals surface area contributed by atoms with Crippen LogP contribution < -0.4 is 14.4 Å². The molecule has 7 nitrogen and oxygen atoms in total. The van der Waals surface area contributed by atoms with Gasteiger partial charge in [0.25, 0.3) is 0 Å². The number of para-hydroxylation sites is 1. The van der Waals surface area contributed by atoms with Crippen LogP contribution in [-0.2, 0) is 16.1 Å². The SMILES string of the molecule is CCCCCCCCCCCCCCCC[n+]1ccccc1.CCOC(=O)C(C)(C)Oc1ccc(Cl)cc1.O=C(O)c1ccccc1[O-]. The van der Waals surface area contributed by atoms with Gasteiger partial charge in [-0.15, -0.1) is 0 Å². The van der Waals surface area contributed by atoms with Crippen LogP contribution in [-0.4, -0.2) is 29.3 Å². The Labute approximate surface area is 294 Å². The second-order valence-corrected chi connectivity index (χ2v) is 12.7. The number of carbonyl (C=O) groups is 2. The molecule has 0 amide bonds. The predicted octanol–water partition coefficient (Wildman–Crippen LogP) is 9.97. The number of hydrogen-bond donors (Lipinski definition) is 1. The number of aryl methyl sites for hydroxylation is 1. The summed E-state index contributed by atoms with van der Waals surface area (Å²) in [4.78, 5) is 21.8. The summed E-state index contributed by atoms with van der Waals surface area (Å²) in [7, 11) is 0. The fraction of sp³-hybridized carbons (Fsp3) is 0.525. The highest BCUT2D eigenvalue weighted by Crippen LogP contribution is 2.21. The molecule has 3 aromatic rings. The Morgan fingerprint density at radius 3 is 1.69 bits per heavy atom. The molecule has 266 valence electrons. The number of esters is 1. The molecular weight excluding hydrogens is 626 g/mol. The van der Waals surface area contributed by atoms with E-state index in [0.29, 0.717) is 17.4 Å². The van der Waals surface area contributed by atoms with Crippen molar-refractivity contribution < 1.29 is 33.8 Å². The lowest BCUT2D eigenvalue weighted by molar-refractivity contribution is -0.697. The minimum atomic E-state index is -1.18. The van der Waals surface area contributed by atoms with Crippen molar-refractivity contribution in [2.75, 3.05) is 6.61 Å². The van der Waals surface area contributed by atoms with Gasteiger partial charge in [-0.1, -0.05) is 126 Å². The molecule has 1 aromatic heterocycles. The summed E-state index contributed by atoms with van der Waals surface area (Å²) in [5, 5.41) is 19.7. The van der Waals surface area contributed by atoms with Gasteiger partial charge in [-0.3, -0.25) is 0 Å². The molecule has 1 heterocycles. The van der Waals surface area contributed by atoms with E-state index >= 15 is 0 Å². The number of ether oxygens (including phenoxy) is 2. The molecule has 0 unspecified atom stereocenters. The van der Waals surface area contributed by atoms with Crippen molar-refractivity contribution in [1.29, 1.82) is 0 Å². The van der Waals surface area contributed by atoms with Crippen LogP contribution in [0.3, 0.4) is 0 Å². The first-order valence-corrected chi connectivity index (χ1v) is 18.0. The molecule has 0 aliphatic carbocycles. The maximum Gasteiger partial charge on any atom is 0.349 e. The van der Waals surface area contributed by atoms with E-state index in [1.807, 2.05) is 0 Å². The molecule has 0 saturated heterocycles. The minimum Gasteiger partial charge on any atom is -0.872 e. The molecule has 8 heteroatoms. The lowest BCUT2D eigenvalue weighted by Crippen LogP contribution is -2.39. The van der Waals surface area contributed by atoms with Gasteiger partial charge < -0.3 is 19.7 Å². The highest BCUT2D eigenvalue weighted by Gasteiger charge is 2.31. The van der Waals surface area contributed by atoms with Crippen LogP contribution in [0.15, 0.2) is 79.1 Å². The molecule has 0 fully saturated rings. The molecule has 0 bridgehead atoms. The van der Waals surface area contributed by atoms with Crippen molar-refractivity contribution in [3.63, 3.8) is 0 Å². The molecule has 2 aromatic carbocycles. The topological polar surface area (TPSA) is 99.8 Å². The van der Waals surface area contributed by atoms with E-state index < -0.39 is 17.3 Å². The van der Waals surface area contributed by atoms with E-state index in [9.17, 15) is 14.7 Å². The molecule has 0 atom stereocenters. The Bertz CT molecular complexity index is 1250. The molecule has 0 saturated carbocycles. The highest BCUT2D eigenvalue weighted by molar-refractivity contribution is 6.30. The van der Waals surface area contributed by atoms with Crippen molar-refractivity contribution in [2.24, 2.45) is 0 Å². The average Bonchev–Trinajstić information content (AvgIpc) is 3.07. The highest BCUT2D eigenvalue weighted by atomic mass is 35.5. The number of halogens is 1. The van der Waals surface area contributed by atoms with Crippen LogP contribution in [0.25, 0.3) is 0 Å². The van der Waals surface area contributed by atoms with E-state index in [2.05, 4.69) is 42.1 Å². The van der Waals surface area contributed by atoms with E-state index in [4.69, 9.17) is 26.2 Å². The summed E-state index contributed by atoms with van der Waals surface area (Å²) in [5.74, 6) is -1.42. The Hall–Kier alpha value is -3.58. The van der Waals surface area contributed by atoms with Gasteiger partial charge in [0.15, 0.2) is 18.0 Å². The van der Waals surface area contributed by atoms with Crippen LogP contribution in [0, 0.1) is 0 Å². The van der Waals surface area contributed by atoms with E-state index in [1.54, 1.807) is 45.0 Å². The monoisotopic (exact) mass is 683 g/mol. The quantitative estimate of drug-likeness (QED) is 0.0723. The standard InChI is InChI=1S/C21H38N.C12H15ClO3.C7H6O3/c1-2-3-4-5-6-7-8-9-10-11-12-13-14-16-19-22-20-17-15-18-21-22;1-4-15-11(14)12(2,3)16-10-7-5-9(13)6-8-10;8-6-4-2-1-3-5(6)7(9)10/h15,17-18,20-21H,2-14,16,19H2,1H3;5-8H,4H2,1-3H3;1-4,8H,(H,9,10)/q+1;;/p-1. The third kappa shape index (κ3) is 20.6. The normalized spacial score (nSPS) is 10.6. The molecule has 0 aliphatic rings. The number of pyridine rings is 1. The number of rotatable bonds is 20. The van der Waals surface area contributed by atoms with Gasteiger partial charge in [0, 0.05) is 23.6 Å². The molecule has 0 spiro atoms. The number of nitrogens with zero attached hydrogens (tertiary/aromatic N) is 1. The lowest BCUT2D eigenvalue weighted by Gasteiger charge is -2.23. The molecule has 48 heavy (non-hydrogen) atoms. The molecule has 0 aliphatic heterocycles. The first-order valence-electron chi connectivity index (χ1n) is 17.7. The molecular formula is C40H58ClNO6. The fourth-order valence-corrected chi connectivity index (χ4v) is 4.99. The third-order valence-corrected chi connectivity index (χ3v) is 7.87. The third-order valence-electron chi connectivity index (χ3n) is 7.62. The lowest BCUT2D eigenvalue weighted by atomic mass is 10.0. The predicted molar refractivity (Wildman–Crippen MR) is 193 cm³/mol. The Morgan fingerprint density at radius 2 is 1.23 bits per heavy atom. The van der Waals surface area contributed by atoms with Gasteiger partial charge >= 0.3 is 11.9 Å². The van der Waals surface area contributed by atoms with Crippen LogP contribution in [0.4, 0.5) is 0 Å². The number of aromatic nitrogens is 1. The van der Waals surface area contributed by atoms with Crippen molar-refractivity contribution in [2.45, 2.75) is 130 Å². The zero-order valence-corrected chi connectivity index (χ0v) is 30.4. The first kappa shape index (κ1) is 42.4. The second-order valence-electron chi connectivity index (χ2n) is 12.3.